The number of nitrogens with two attached hydrogens (primary N) is 1. The molecule has 0 aromatic heterocycles. The van der Waals surface area contributed by atoms with E-state index in [-0.39, 0.29) is 29.8 Å². The quantitative estimate of drug-likeness (QED) is 0.768. The standard InChI is InChI=1S/C11H15FN2O3S/c12-10-4-3-9(7-11(10)13)18(16,17)14(5-6-15)8-1-2-8/h3-4,7-8,15H,1-2,5-6,13H2. The van der Waals surface area contributed by atoms with Crippen LogP contribution in [-0.4, -0.2) is 37.0 Å². The molecule has 0 bridgehead atoms. The number of hydrogen-bond donors (Lipinski definition) is 2. The molecule has 1 aromatic rings. The van der Waals surface area contributed by atoms with Crippen molar-refractivity contribution in [3.8, 4) is 0 Å². The largest absolute Gasteiger partial charge is 0.396 e. The van der Waals surface area contributed by atoms with Crippen LogP contribution in [0.1, 0.15) is 12.8 Å². The Hall–Kier alpha value is -1.18. The Morgan fingerprint density at radius 2 is 2.11 bits per heavy atom. The first-order valence-electron chi connectivity index (χ1n) is 5.64. The predicted molar refractivity (Wildman–Crippen MR) is 64.8 cm³/mol. The number of hydrogen-bond acceptors (Lipinski definition) is 4. The van der Waals surface area contributed by atoms with Gasteiger partial charge in [-0.1, -0.05) is 0 Å². The van der Waals surface area contributed by atoms with Crippen molar-refractivity contribution in [2.24, 2.45) is 0 Å². The van der Waals surface area contributed by atoms with Gasteiger partial charge in [0.1, 0.15) is 5.82 Å². The molecule has 2 rings (SSSR count). The van der Waals surface area contributed by atoms with E-state index in [1.165, 1.54) is 10.4 Å². The Kier molecular flexibility index (Phi) is 3.56. The van der Waals surface area contributed by atoms with E-state index in [9.17, 15) is 12.8 Å². The van der Waals surface area contributed by atoms with Crippen LogP contribution in [0.15, 0.2) is 23.1 Å². The van der Waals surface area contributed by atoms with E-state index in [0.29, 0.717) is 0 Å². The maximum atomic E-state index is 13.0. The van der Waals surface area contributed by atoms with Crippen LogP contribution in [0.2, 0.25) is 0 Å². The molecular weight excluding hydrogens is 259 g/mol. The van der Waals surface area contributed by atoms with Gasteiger partial charge in [0, 0.05) is 12.6 Å². The lowest BCUT2D eigenvalue weighted by Crippen LogP contribution is -2.35. The maximum Gasteiger partial charge on any atom is 0.243 e. The molecule has 0 radical (unpaired) electrons. The highest BCUT2D eigenvalue weighted by Crippen LogP contribution is 2.32. The third-order valence-electron chi connectivity index (χ3n) is 2.85. The molecule has 7 heteroatoms. The molecule has 3 N–H and O–H groups in total. The van der Waals surface area contributed by atoms with E-state index in [0.717, 1.165) is 25.0 Å². The minimum Gasteiger partial charge on any atom is -0.396 e. The van der Waals surface area contributed by atoms with Crippen molar-refractivity contribution >= 4 is 15.7 Å². The highest BCUT2D eigenvalue weighted by atomic mass is 32.2. The summed E-state index contributed by atoms with van der Waals surface area (Å²) in [6.07, 6.45) is 1.58. The van der Waals surface area contributed by atoms with Crippen LogP contribution in [0.25, 0.3) is 0 Å². The molecule has 0 atom stereocenters. The second-order valence-electron chi connectivity index (χ2n) is 4.25. The van der Waals surface area contributed by atoms with Crippen molar-refractivity contribution in [2.45, 2.75) is 23.8 Å². The number of anilines is 1. The van der Waals surface area contributed by atoms with Gasteiger partial charge in [-0.05, 0) is 31.0 Å². The highest BCUT2D eigenvalue weighted by molar-refractivity contribution is 7.89. The van der Waals surface area contributed by atoms with Crippen LogP contribution in [0.3, 0.4) is 0 Å². The Morgan fingerprint density at radius 3 is 2.61 bits per heavy atom. The molecule has 5 nitrogen and oxygen atoms in total. The molecule has 1 aromatic carbocycles. The van der Waals surface area contributed by atoms with Crippen LogP contribution < -0.4 is 5.73 Å². The minimum absolute atomic E-state index is 0.0400. The second-order valence-corrected chi connectivity index (χ2v) is 6.14. The first kappa shape index (κ1) is 13.3. The Bertz CT molecular complexity index is 543. The summed E-state index contributed by atoms with van der Waals surface area (Å²) >= 11 is 0. The highest BCUT2D eigenvalue weighted by Gasteiger charge is 2.37. The van der Waals surface area contributed by atoms with Gasteiger partial charge in [-0.2, -0.15) is 4.31 Å². The lowest BCUT2D eigenvalue weighted by molar-refractivity contribution is 0.250. The lowest BCUT2D eigenvalue weighted by atomic mass is 10.3. The van der Waals surface area contributed by atoms with Crippen LogP contribution >= 0.6 is 0 Å². The average molecular weight is 274 g/mol. The van der Waals surface area contributed by atoms with Gasteiger partial charge in [0.15, 0.2) is 0 Å². The summed E-state index contributed by atoms with van der Waals surface area (Å²) in [4.78, 5) is -0.0400. The van der Waals surface area contributed by atoms with Gasteiger partial charge in [0.05, 0.1) is 17.2 Å². The summed E-state index contributed by atoms with van der Waals surface area (Å²) < 4.78 is 38.9. The van der Waals surface area contributed by atoms with Gasteiger partial charge >= 0.3 is 0 Å². The average Bonchev–Trinajstić information content (AvgIpc) is 3.13. The van der Waals surface area contributed by atoms with E-state index < -0.39 is 15.8 Å². The number of rotatable bonds is 5. The SMILES string of the molecule is Nc1cc(S(=O)(=O)N(CCO)C2CC2)ccc1F. The van der Waals surface area contributed by atoms with Gasteiger partial charge in [0.25, 0.3) is 0 Å². The fourth-order valence-corrected chi connectivity index (χ4v) is 3.49. The lowest BCUT2D eigenvalue weighted by Gasteiger charge is -2.21. The topological polar surface area (TPSA) is 83.6 Å². The third-order valence-corrected chi connectivity index (χ3v) is 4.80. The molecule has 0 spiro atoms. The summed E-state index contributed by atoms with van der Waals surface area (Å²) in [7, 11) is -3.71. The molecule has 1 fully saturated rings. The normalized spacial score (nSPS) is 16.2. The van der Waals surface area contributed by atoms with E-state index in [1.54, 1.807) is 0 Å². The summed E-state index contributed by atoms with van der Waals surface area (Å²) in [5, 5.41) is 8.93. The van der Waals surface area contributed by atoms with Gasteiger partial charge in [-0.25, -0.2) is 12.8 Å². The Balaban J connectivity index is 2.36. The molecule has 0 amide bonds. The number of benzene rings is 1. The summed E-state index contributed by atoms with van der Waals surface area (Å²) in [6.45, 7) is -0.198. The van der Waals surface area contributed by atoms with Crippen molar-refractivity contribution in [3.05, 3.63) is 24.0 Å². The van der Waals surface area contributed by atoms with Crippen LogP contribution in [-0.2, 0) is 10.0 Å². The molecule has 0 heterocycles. The molecule has 1 aliphatic rings. The molecule has 1 aliphatic carbocycles. The summed E-state index contributed by atoms with van der Waals surface area (Å²) in [6, 6.07) is 3.27. The zero-order chi connectivity index (χ0) is 13.3. The van der Waals surface area contributed by atoms with Crippen molar-refractivity contribution in [3.63, 3.8) is 0 Å². The molecular formula is C11H15FN2O3S. The number of aliphatic hydroxyl groups is 1. The van der Waals surface area contributed by atoms with Crippen LogP contribution in [0, 0.1) is 5.82 Å². The van der Waals surface area contributed by atoms with Crippen molar-refractivity contribution in [1.29, 1.82) is 0 Å². The van der Waals surface area contributed by atoms with Crippen LogP contribution in [0.4, 0.5) is 10.1 Å². The first-order chi connectivity index (χ1) is 8.46. The molecule has 0 aliphatic heterocycles. The molecule has 1 saturated carbocycles. The van der Waals surface area contributed by atoms with E-state index >= 15 is 0 Å². The smallest absolute Gasteiger partial charge is 0.243 e. The predicted octanol–water partition coefficient (Wildman–Crippen LogP) is 0.553. The van der Waals surface area contributed by atoms with Gasteiger partial charge in [-0.15, -0.1) is 0 Å². The number of halogens is 1. The van der Waals surface area contributed by atoms with E-state index in [1.807, 2.05) is 0 Å². The molecule has 0 saturated heterocycles. The molecule has 100 valence electrons. The van der Waals surface area contributed by atoms with E-state index in [2.05, 4.69) is 0 Å². The zero-order valence-corrected chi connectivity index (χ0v) is 10.5. The van der Waals surface area contributed by atoms with Crippen molar-refractivity contribution < 1.29 is 17.9 Å². The second kappa shape index (κ2) is 4.83. The number of aliphatic hydroxyl groups excluding tert-OH is 1. The number of nitrogens with zero attached hydrogens (tertiary/aromatic N) is 1. The summed E-state index contributed by atoms with van der Waals surface area (Å²) in [5.41, 5.74) is 5.18. The zero-order valence-electron chi connectivity index (χ0n) is 9.71. The van der Waals surface area contributed by atoms with Crippen molar-refractivity contribution in [2.75, 3.05) is 18.9 Å². The molecule has 18 heavy (non-hydrogen) atoms. The van der Waals surface area contributed by atoms with Gasteiger partial charge in [-0.3, -0.25) is 0 Å². The third kappa shape index (κ3) is 2.47. The van der Waals surface area contributed by atoms with Crippen molar-refractivity contribution in [1.82, 2.24) is 4.31 Å². The number of sulfonamides is 1. The Labute approximate surface area is 105 Å². The monoisotopic (exact) mass is 274 g/mol. The fraction of sp³-hybridized carbons (Fsp3) is 0.455. The van der Waals surface area contributed by atoms with E-state index in [4.69, 9.17) is 10.8 Å². The Morgan fingerprint density at radius 1 is 1.44 bits per heavy atom. The minimum atomic E-state index is -3.71. The van der Waals surface area contributed by atoms with Gasteiger partial charge < -0.3 is 10.8 Å². The van der Waals surface area contributed by atoms with Crippen LogP contribution in [0.5, 0.6) is 0 Å². The fourth-order valence-electron chi connectivity index (χ4n) is 1.78. The molecule has 0 unspecified atom stereocenters. The summed E-state index contributed by atoms with van der Waals surface area (Å²) in [5.74, 6) is -0.644. The number of nitrogen functional groups attached to an aromatic ring is 1. The maximum absolute atomic E-state index is 13.0. The van der Waals surface area contributed by atoms with Gasteiger partial charge in [0.2, 0.25) is 10.0 Å². The first-order valence-corrected chi connectivity index (χ1v) is 7.08.